The first-order valence-corrected chi connectivity index (χ1v) is 13.2. The summed E-state index contributed by atoms with van der Waals surface area (Å²) in [5.74, 6) is 0.0244. The van der Waals surface area contributed by atoms with E-state index in [9.17, 15) is 14.0 Å². The summed E-state index contributed by atoms with van der Waals surface area (Å²) in [6.07, 6.45) is 6.39. The van der Waals surface area contributed by atoms with Gasteiger partial charge in [-0.3, -0.25) is 14.5 Å². The molecular weight excluding hydrogens is 465 g/mol. The maximum Gasteiger partial charge on any atom is 0.238 e. The van der Waals surface area contributed by atoms with E-state index < -0.39 is 5.25 Å². The Bertz CT molecular complexity index is 996. The molecule has 0 aliphatic carbocycles. The smallest absolute Gasteiger partial charge is 0.238 e. The van der Waals surface area contributed by atoms with E-state index in [1.54, 1.807) is 29.2 Å². The van der Waals surface area contributed by atoms with Crippen LogP contribution < -0.4 is 10.1 Å². The van der Waals surface area contributed by atoms with Crippen molar-refractivity contribution < 1.29 is 18.7 Å². The van der Waals surface area contributed by atoms with Crippen LogP contribution in [-0.2, 0) is 9.59 Å². The minimum atomic E-state index is -0.603. The molecular formula is C27H34FN3O3S. The molecule has 1 aliphatic heterocycles. The normalized spacial score (nSPS) is 17.0. The third-order valence-corrected chi connectivity index (χ3v) is 6.75. The van der Waals surface area contributed by atoms with Gasteiger partial charge in [0.1, 0.15) is 16.8 Å². The standard InChI is InChI=1S/C27H34FN3O3S/c1-3-5-6-7-8-17-31-25(32)19-24(35-27(31)30-22-11-9-20(28)10-12-22)26(33)29-21-13-15-23(16-14-21)34-18-4-2/h9-16,24H,3-8,17-19H2,1-2H3,(H,29,33). The number of unbranched alkanes of at least 4 members (excludes halogenated alkanes) is 4. The molecule has 0 aromatic heterocycles. The van der Waals surface area contributed by atoms with Crippen LogP contribution in [0.2, 0.25) is 0 Å². The van der Waals surface area contributed by atoms with Crippen molar-refractivity contribution in [2.45, 2.75) is 64.0 Å². The fourth-order valence-corrected chi connectivity index (χ4v) is 4.76. The number of rotatable bonds is 12. The van der Waals surface area contributed by atoms with Crippen LogP contribution >= 0.6 is 11.8 Å². The minimum Gasteiger partial charge on any atom is -0.494 e. The molecule has 1 heterocycles. The summed E-state index contributed by atoms with van der Waals surface area (Å²) in [7, 11) is 0. The summed E-state index contributed by atoms with van der Waals surface area (Å²) in [5.41, 5.74) is 1.18. The van der Waals surface area contributed by atoms with Crippen LogP contribution in [0.15, 0.2) is 53.5 Å². The number of nitrogens with one attached hydrogen (secondary N) is 1. The number of carbonyl (C=O) groups is 2. The number of hydrogen-bond acceptors (Lipinski definition) is 5. The van der Waals surface area contributed by atoms with Crippen LogP contribution in [0.1, 0.15) is 58.8 Å². The predicted octanol–water partition coefficient (Wildman–Crippen LogP) is 6.55. The van der Waals surface area contributed by atoms with Crippen LogP contribution in [0.25, 0.3) is 0 Å². The lowest BCUT2D eigenvalue weighted by Crippen LogP contribution is -2.45. The summed E-state index contributed by atoms with van der Waals surface area (Å²) in [6, 6.07) is 13.0. The first kappa shape index (κ1) is 26.7. The highest BCUT2D eigenvalue weighted by atomic mass is 32.2. The number of thioether (sulfide) groups is 1. The number of anilines is 1. The van der Waals surface area contributed by atoms with Crippen molar-refractivity contribution in [2.75, 3.05) is 18.5 Å². The van der Waals surface area contributed by atoms with Crippen LogP contribution in [0, 0.1) is 5.82 Å². The first-order chi connectivity index (χ1) is 17.0. The molecule has 0 bridgehead atoms. The lowest BCUT2D eigenvalue weighted by atomic mass is 10.1. The number of amidine groups is 1. The molecule has 6 nitrogen and oxygen atoms in total. The number of halogens is 1. The van der Waals surface area contributed by atoms with Gasteiger partial charge in [-0.2, -0.15) is 0 Å². The van der Waals surface area contributed by atoms with Crippen molar-refractivity contribution in [3.63, 3.8) is 0 Å². The molecule has 0 spiro atoms. The number of aliphatic imine (C=N–C) groups is 1. The Balaban J connectivity index is 1.70. The maximum absolute atomic E-state index is 13.4. The highest BCUT2D eigenvalue weighted by Gasteiger charge is 2.35. The van der Waals surface area contributed by atoms with Gasteiger partial charge in [0.25, 0.3) is 0 Å². The number of nitrogens with zero attached hydrogens (tertiary/aromatic N) is 2. The van der Waals surface area contributed by atoms with Crippen molar-refractivity contribution in [3.8, 4) is 5.75 Å². The second-order valence-corrected chi connectivity index (χ2v) is 9.67. The number of ether oxygens (including phenoxy) is 1. The monoisotopic (exact) mass is 499 g/mol. The summed E-state index contributed by atoms with van der Waals surface area (Å²) in [6.45, 7) is 5.40. The van der Waals surface area contributed by atoms with E-state index in [2.05, 4.69) is 17.2 Å². The lowest BCUT2D eigenvalue weighted by molar-refractivity contribution is -0.129. The third kappa shape index (κ3) is 8.38. The average Bonchev–Trinajstić information content (AvgIpc) is 2.86. The van der Waals surface area contributed by atoms with Gasteiger partial charge in [0, 0.05) is 18.7 Å². The van der Waals surface area contributed by atoms with E-state index >= 15 is 0 Å². The van der Waals surface area contributed by atoms with Gasteiger partial charge in [0.15, 0.2) is 5.17 Å². The molecule has 1 saturated heterocycles. The molecule has 0 radical (unpaired) electrons. The summed E-state index contributed by atoms with van der Waals surface area (Å²) in [5, 5.41) is 2.77. The number of carbonyl (C=O) groups excluding carboxylic acids is 2. The molecule has 1 fully saturated rings. The summed E-state index contributed by atoms with van der Waals surface area (Å²) < 4.78 is 18.9. The van der Waals surface area contributed by atoms with Crippen LogP contribution in [-0.4, -0.2) is 40.3 Å². The highest BCUT2D eigenvalue weighted by Crippen LogP contribution is 2.30. The SMILES string of the molecule is CCCCCCCN1C(=O)CC(C(=O)Nc2ccc(OCCC)cc2)SC1=Nc1ccc(F)cc1. The van der Waals surface area contributed by atoms with E-state index in [-0.39, 0.29) is 24.1 Å². The second kappa shape index (κ2) is 13.9. The molecule has 1 N–H and O–H groups in total. The molecule has 0 saturated carbocycles. The van der Waals surface area contributed by atoms with Crippen molar-refractivity contribution >= 4 is 40.1 Å². The van der Waals surface area contributed by atoms with E-state index in [0.717, 1.165) is 37.9 Å². The zero-order chi connectivity index (χ0) is 25.0. The molecule has 188 valence electrons. The van der Waals surface area contributed by atoms with Crippen LogP contribution in [0.3, 0.4) is 0 Å². The first-order valence-electron chi connectivity index (χ1n) is 12.3. The van der Waals surface area contributed by atoms with Crippen molar-refractivity contribution in [2.24, 2.45) is 4.99 Å². The molecule has 1 unspecified atom stereocenters. The van der Waals surface area contributed by atoms with E-state index in [4.69, 9.17) is 4.74 Å². The molecule has 1 aliphatic rings. The third-order valence-electron chi connectivity index (χ3n) is 5.56. The second-order valence-electron chi connectivity index (χ2n) is 8.50. The summed E-state index contributed by atoms with van der Waals surface area (Å²) >= 11 is 1.28. The Morgan fingerprint density at radius 1 is 1.06 bits per heavy atom. The molecule has 2 amide bonds. The highest BCUT2D eigenvalue weighted by molar-refractivity contribution is 8.15. The molecule has 3 rings (SSSR count). The van der Waals surface area contributed by atoms with E-state index in [1.807, 2.05) is 19.1 Å². The van der Waals surface area contributed by atoms with Gasteiger partial charge in [0.05, 0.1) is 12.3 Å². The Hall–Kier alpha value is -2.87. The number of amides is 2. The largest absolute Gasteiger partial charge is 0.494 e. The Morgan fingerprint density at radius 2 is 1.77 bits per heavy atom. The Labute approximate surface area is 211 Å². The minimum absolute atomic E-state index is 0.103. The number of hydrogen-bond donors (Lipinski definition) is 1. The number of benzene rings is 2. The van der Waals surface area contributed by atoms with Gasteiger partial charge < -0.3 is 10.1 Å². The van der Waals surface area contributed by atoms with Crippen molar-refractivity contribution in [1.82, 2.24) is 4.90 Å². The van der Waals surface area contributed by atoms with Crippen molar-refractivity contribution in [1.29, 1.82) is 0 Å². The van der Waals surface area contributed by atoms with Gasteiger partial charge in [-0.15, -0.1) is 0 Å². The molecule has 2 aromatic rings. The van der Waals surface area contributed by atoms with Crippen LogP contribution in [0.5, 0.6) is 5.75 Å². The van der Waals surface area contributed by atoms with Gasteiger partial charge >= 0.3 is 0 Å². The predicted molar refractivity (Wildman–Crippen MR) is 141 cm³/mol. The van der Waals surface area contributed by atoms with Crippen molar-refractivity contribution in [3.05, 3.63) is 54.3 Å². The Kier molecular flexibility index (Phi) is 10.6. The summed E-state index contributed by atoms with van der Waals surface area (Å²) in [4.78, 5) is 32.3. The van der Waals surface area contributed by atoms with Gasteiger partial charge in [-0.25, -0.2) is 9.38 Å². The van der Waals surface area contributed by atoms with Gasteiger partial charge in [-0.1, -0.05) is 51.3 Å². The maximum atomic E-state index is 13.4. The topological polar surface area (TPSA) is 71.0 Å². The van der Waals surface area contributed by atoms with Crippen LogP contribution in [0.4, 0.5) is 15.8 Å². The quantitative estimate of drug-likeness (QED) is 0.336. The lowest BCUT2D eigenvalue weighted by Gasteiger charge is -2.32. The zero-order valence-corrected chi connectivity index (χ0v) is 21.3. The molecule has 35 heavy (non-hydrogen) atoms. The Morgan fingerprint density at radius 3 is 2.46 bits per heavy atom. The van der Waals surface area contributed by atoms with E-state index in [0.29, 0.717) is 29.7 Å². The molecule has 8 heteroatoms. The van der Waals surface area contributed by atoms with E-state index in [1.165, 1.54) is 30.3 Å². The zero-order valence-electron chi connectivity index (χ0n) is 20.5. The van der Waals surface area contributed by atoms with Gasteiger partial charge in [-0.05, 0) is 61.4 Å². The molecule has 1 atom stereocenters. The fourth-order valence-electron chi connectivity index (χ4n) is 3.64. The fraction of sp³-hybridized carbons (Fsp3) is 0.444. The average molecular weight is 500 g/mol. The van der Waals surface area contributed by atoms with Gasteiger partial charge in [0.2, 0.25) is 11.8 Å². The molecule has 2 aromatic carbocycles.